The highest BCUT2D eigenvalue weighted by Gasteiger charge is 2.33. The average Bonchev–Trinajstić information content (AvgIpc) is 2.77. The molecule has 30 heavy (non-hydrogen) atoms. The number of benzene rings is 2. The summed E-state index contributed by atoms with van der Waals surface area (Å²) in [4.78, 5) is 31.4. The van der Waals surface area contributed by atoms with Crippen molar-refractivity contribution in [2.24, 2.45) is 5.92 Å². The maximum atomic E-state index is 12.8. The zero-order chi connectivity index (χ0) is 21.5. The molecule has 160 valence electrons. The van der Waals surface area contributed by atoms with E-state index in [1.807, 2.05) is 72.2 Å². The molecule has 0 saturated carbocycles. The summed E-state index contributed by atoms with van der Waals surface area (Å²) in [5, 5.41) is 0. The van der Waals surface area contributed by atoms with E-state index in [9.17, 15) is 9.59 Å². The molecule has 1 atom stereocenters. The maximum absolute atomic E-state index is 12.8. The van der Waals surface area contributed by atoms with E-state index in [4.69, 9.17) is 0 Å². The van der Waals surface area contributed by atoms with Crippen molar-refractivity contribution in [2.45, 2.75) is 25.3 Å². The molecule has 0 N–H and O–H groups in total. The Labute approximate surface area is 180 Å². The number of likely N-dealkylation sites (tertiary alicyclic amines) is 1. The number of hydrogen-bond acceptors (Lipinski definition) is 3. The van der Waals surface area contributed by atoms with Crippen LogP contribution in [0, 0.1) is 5.92 Å². The lowest BCUT2D eigenvalue weighted by molar-refractivity contribution is -0.134. The van der Waals surface area contributed by atoms with Crippen LogP contribution in [-0.4, -0.2) is 73.3 Å². The van der Waals surface area contributed by atoms with Crippen LogP contribution in [0.25, 0.3) is 0 Å². The summed E-state index contributed by atoms with van der Waals surface area (Å²) in [6, 6.07) is 20.0. The van der Waals surface area contributed by atoms with Gasteiger partial charge >= 0.3 is 0 Å². The number of amides is 2. The molecule has 2 amide bonds. The molecule has 0 radical (unpaired) electrons. The van der Waals surface area contributed by atoms with Gasteiger partial charge in [-0.2, -0.15) is 0 Å². The van der Waals surface area contributed by atoms with Crippen LogP contribution in [0.15, 0.2) is 60.7 Å². The van der Waals surface area contributed by atoms with E-state index >= 15 is 0 Å². The molecule has 5 heteroatoms. The molecule has 1 heterocycles. The first-order valence-electron chi connectivity index (χ1n) is 10.7. The number of carbonyl (C=O) groups excluding carboxylic acids is 2. The Bertz CT molecular complexity index is 815. The molecule has 3 rings (SSSR count). The van der Waals surface area contributed by atoms with Gasteiger partial charge in [-0.1, -0.05) is 48.5 Å². The molecular weight excluding hydrogens is 374 g/mol. The highest BCUT2D eigenvalue weighted by atomic mass is 16.2. The first-order chi connectivity index (χ1) is 14.5. The number of rotatable bonds is 7. The minimum Gasteiger partial charge on any atom is -0.341 e. The van der Waals surface area contributed by atoms with E-state index in [0.29, 0.717) is 12.5 Å². The second kappa shape index (κ2) is 10.4. The fourth-order valence-corrected chi connectivity index (χ4v) is 4.29. The van der Waals surface area contributed by atoms with Crippen molar-refractivity contribution < 1.29 is 9.59 Å². The number of carbonyl (C=O) groups is 2. The average molecular weight is 408 g/mol. The molecule has 5 nitrogen and oxygen atoms in total. The number of hydrogen-bond donors (Lipinski definition) is 0. The molecule has 1 fully saturated rings. The predicted molar refractivity (Wildman–Crippen MR) is 120 cm³/mol. The lowest BCUT2D eigenvalue weighted by Gasteiger charge is -2.40. The van der Waals surface area contributed by atoms with E-state index in [0.717, 1.165) is 37.9 Å². The molecule has 0 bridgehead atoms. The summed E-state index contributed by atoms with van der Waals surface area (Å²) in [6.45, 7) is 1.88. The summed E-state index contributed by atoms with van der Waals surface area (Å²) in [5.74, 6) is 0.621. The molecule has 2 aromatic carbocycles. The normalized spacial score (nSPS) is 15.8. The van der Waals surface area contributed by atoms with Gasteiger partial charge in [-0.25, -0.2) is 0 Å². The van der Waals surface area contributed by atoms with Gasteiger partial charge in [0.15, 0.2) is 0 Å². The van der Waals surface area contributed by atoms with Crippen LogP contribution in [0.2, 0.25) is 0 Å². The number of nitrogens with zero attached hydrogens (tertiary/aromatic N) is 3. The molecule has 1 aliphatic heterocycles. The van der Waals surface area contributed by atoms with Crippen LogP contribution in [0.3, 0.4) is 0 Å². The Balaban J connectivity index is 1.69. The van der Waals surface area contributed by atoms with Crippen molar-refractivity contribution in [1.82, 2.24) is 14.7 Å². The smallest absolute Gasteiger partial charge is 0.253 e. The van der Waals surface area contributed by atoms with Crippen LogP contribution in [-0.2, 0) is 11.2 Å². The first-order valence-corrected chi connectivity index (χ1v) is 10.7. The monoisotopic (exact) mass is 407 g/mol. The molecule has 0 spiro atoms. The number of piperidine rings is 1. The van der Waals surface area contributed by atoms with E-state index in [1.54, 1.807) is 0 Å². The standard InChI is InChI=1S/C25H33N3O2/c1-26(2)19-24(29)27(3)23(18-20-10-6-4-7-11-20)21-14-16-28(17-15-21)25(30)22-12-8-5-9-13-22/h4-13,21,23H,14-19H2,1-3H3. The van der Waals surface area contributed by atoms with Gasteiger partial charge in [-0.15, -0.1) is 0 Å². The van der Waals surface area contributed by atoms with Gasteiger partial charge in [0.1, 0.15) is 0 Å². The van der Waals surface area contributed by atoms with Gasteiger partial charge in [0.05, 0.1) is 6.54 Å². The van der Waals surface area contributed by atoms with Crippen molar-refractivity contribution in [1.29, 1.82) is 0 Å². The molecule has 1 unspecified atom stereocenters. The summed E-state index contributed by atoms with van der Waals surface area (Å²) >= 11 is 0. The summed E-state index contributed by atoms with van der Waals surface area (Å²) in [7, 11) is 5.78. The van der Waals surface area contributed by atoms with E-state index in [-0.39, 0.29) is 17.9 Å². The fraction of sp³-hybridized carbons (Fsp3) is 0.440. The van der Waals surface area contributed by atoms with E-state index < -0.39 is 0 Å². The third-order valence-corrected chi connectivity index (χ3v) is 6.02. The van der Waals surface area contributed by atoms with Gasteiger partial charge < -0.3 is 14.7 Å². The van der Waals surface area contributed by atoms with Crippen molar-refractivity contribution in [3.05, 3.63) is 71.8 Å². The zero-order valence-corrected chi connectivity index (χ0v) is 18.3. The third-order valence-electron chi connectivity index (χ3n) is 6.02. The fourth-order valence-electron chi connectivity index (χ4n) is 4.29. The van der Waals surface area contributed by atoms with E-state index in [2.05, 4.69) is 24.3 Å². The Morgan fingerprint density at radius 1 is 0.933 bits per heavy atom. The summed E-state index contributed by atoms with van der Waals surface area (Å²) in [5.41, 5.74) is 1.99. The Kier molecular flexibility index (Phi) is 7.63. The van der Waals surface area contributed by atoms with Crippen molar-refractivity contribution >= 4 is 11.8 Å². The van der Waals surface area contributed by atoms with E-state index in [1.165, 1.54) is 5.56 Å². The molecule has 0 aromatic heterocycles. The van der Waals surface area contributed by atoms with Crippen LogP contribution in [0.1, 0.15) is 28.8 Å². The van der Waals surface area contributed by atoms with Gasteiger partial charge in [-0.3, -0.25) is 9.59 Å². The van der Waals surface area contributed by atoms with Crippen LogP contribution in [0.4, 0.5) is 0 Å². The highest BCUT2D eigenvalue weighted by molar-refractivity contribution is 5.94. The SMILES string of the molecule is CN(C)CC(=O)N(C)C(Cc1ccccc1)C1CCN(C(=O)c2ccccc2)CC1. The second-order valence-corrected chi connectivity index (χ2v) is 8.50. The van der Waals surface area contributed by atoms with Crippen LogP contribution < -0.4 is 0 Å². The molecule has 0 aliphatic carbocycles. The van der Waals surface area contributed by atoms with Gasteiger partial charge in [0.2, 0.25) is 5.91 Å². The van der Waals surface area contributed by atoms with Crippen molar-refractivity contribution in [2.75, 3.05) is 40.8 Å². The Morgan fingerprint density at radius 3 is 2.07 bits per heavy atom. The van der Waals surface area contributed by atoms with Crippen molar-refractivity contribution in [3.8, 4) is 0 Å². The largest absolute Gasteiger partial charge is 0.341 e. The topological polar surface area (TPSA) is 43.9 Å². The quantitative estimate of drug-likeness (QED) is 0.708. The maximum Gasteiger partial charge on any atom is 0.253 e. The zero-order valence-electron chi connectivity index (χ0n) is 18.3. The molecule has 1 aliphatic rings. The summed E-state index contributed by atoms with van der Waals surface area (Å²) < 4.78 is 0. The highest BCUT2D eigenvalue weighted by Crippen LogP contribution is 2.27. The van der Waals surface area contributed by atoms with Crippen LogP contribution >= 0.6 is 0 Å². The first kappa shape index (κ1) is 22.0. The van der Waals surface area contributed by atoms with Gasteiger partial charge in [-0.05, 0) is 57.0 Å². The third kappa shape index (κ3) is 5.70. The van der Waals surface area contributed by atoms with Gasteiger partial charge in [0.25, 0.3) is 5.91 Å². The molecule has 2 aromatic rings. The Hall–Kier alpha value is -2.66. The minimum absolute atomic E-state index is 0.102. The molecular formula is C25H33N3O2. The lowest BCUT2D eigenvalue weighted by Crippen LogP contribution is -2.50. The minimum atomic E-state index is 0.102. The lowest BCUT2D eigenvalue weighted by atomic mass is 9.84. The molecule has 1 saturated heterocycles. The predicted octanol–water partition coefficient (Wildman–Crippen LogP) is 3.17. The second-order valence-electron chi connectivity index (χ2n) is 8.50. The van der Waals surface area contributed by atoms with Gasteiger partial charge in [0, 0.05) is 31.7 Å². The van der Waals surface area contributed by atoms with Crippen LogP contribution in [0.5, 0.6) is 0 Å². The number of likely N-dealkylation sites (N-methyl/N-ethyl adjacent to an activating group) is 2. The van der Waals surface area contributed by atoms with Crippen molar-refractivity contribution in [3.63, 3.8) is 0 Å². The summed E-state index contributed by atoms with van der Waals surface area (Å²) in [6.07, 6.45) is 2.67. The Morgan fingerprint density at radius 2 is 1.50 bits per heavy atom.